The first-order valence-corrected chi connectivity index (χ1v) is 6.72. The number of ketones is 1. The molecule has 0 bridgehead atoms. The number of para-hydroxylation sites is 1. The smallest absolute Gasteiger partial charge is 0.280 e. The third-order valence-corrected chi connectivity index (χ3v) is 3.58. The van der Waals surface area contributed by atoms with Crippen LogP contribution >= 0.6 is 0 Å². The van der Waals surface area contributed by atoms with E-state index in [4.69, 9.17) is 0 Å². The van der Waals surface area contributed by atoms with Gasteiger partial charge in [-0.15, -0.1) is 0 Å². The summed E-state index contributed by atoms with van der Waals surface area (Å²) in [5.74, 6) is -1.80. The van der Waals surface area contributed by atoms with E-state index in [0.717, 1.165) is 4.90 Å². The summed E-state index contributed by atoms with van der Waals surface area (Å²) in [6.45, 7) is -0.531. The van der Waals surface area contributed by atoms with E-state index in [0.29, 0.717) is 0 Å². The number of imide groups is 1. The van der Waals surface area contributed by atoms with Gasteiger partial charge in [-0.05, 0) is 18.2 Å². The Hall–Kier alpha value is -3.35. The first-order valence-electron chi connectivity index (χ1n) is 6.72. The van der Waals surface area contributed by atoms with Crippen LogP contribution in [0.2, 0.25) is 0 Å². The molecule has 0 aromatic heterocycles. The minimum Gasteiger partial charge on any atom is -0.292 e. The van der Waals surface area contributed by atoms with Crippen molar-refractivity contribution in [2.45, 2.75) is 0 Å². The summed E-state index contributed by atoms with van der Waals surface area (Å²) in [7, 11) is 0. The lowest BCUT2D eigenvalue weighted by Gasteiger charge is -2.12. The Kier molecular flexibility index (Phi) is 3.46. The molecular formula is C16H10N2O5. The van der Waals surface area contributed by atoms with Crippen LogP contribution < -0.4 is 0 Å². The maximum Gasteiger partial charge on any atom is 0.280 e. The topological polar surface area (TPSA) is 97.6 Å². The van der Waals surface area contributed by atoms with Crippen molar-refractivity contribution in [2.75, 3.05) is 6.54 Å². The largest absolute Gasteiger partial charge is 0.292 e. The van der Waals surface area contributed by atoms with E-state index in [-0.39, 0.29) is 22.4 Å². The summed E-state index contributed by atoms with van der Waals surface area (Å²) >= 11 is 0. The normalized spacial score (nSPS) is 13.1. The Morgan fingerprint density at radius 2 is 1.48 bits per heavy atom. The van der Waals surface area contributed by atoms with Gasteiger partial charge in [0, 0.05) is 6.07 Å². The van der Waals surface area contributed by atoms with Crippen LogP contribution in [0, 0.1) is 10.1 Å². The number of rotatable bonds is 4. The van der Waals surface area contributed by atoms with Gasteiger partial charge in [0.25, 0.3) is 17.5 Å². The predicted molar refractivity (Wildman–Crippen MR) is 79.2 cm³/mol. The maximum absolute atomic E-state index is 12.3. The molecule has 2 amide bonds. The number of nitro benzene ring substituents is 1. The number of Topliss-reactive ketones (excluding diaryl/α,β-unsaturated/α-hetero) is 1. The van der Waals surface area contributed by atoms with Crippen LogP contribution in [0.5, 0.6) is 0 Å². The maximum atomic E-state index is 12.3. The van der Waals surface area contributed by atoms with Crippen molar-refractivity contribution in [1.29, 1.82) is 0 Å². The van der Waals surface area contributed by atoms with Crippen molar-refractivity contribution >= 4 is 23.3 Å². The molecule has 1 heterocycles. The SMILES string of the molecule is O=C(CN1C(=O)c2ccccc2C1=O)c1ccccc1[N+](=O)[O-]. The van der Waals surface area contributed by atoms with Gasteiger partial charge in [-0.2, -0.15) is 0 Å². The Morgan fingerprint density at radius 3 is 2.04 bits per heavy atom. The van der Waals surface area contributed by atoms with Crippen LogP contribution in [-0.4, -0.2) is 34.0 Å². The van der Waals surface area contributed by atoms with Crippen LogP contribution in [-0.2, 0) is 0 Å². The van der Waals surface area contributed by atoms with Gasteiger partial charge in [-0.3, -0.25) is 29.4 Å². The van der Waals surface area contributed by atoms with Gasteiger partial charge in [0.15, 0.2) is 5.78 Å². The summed E-state index contributed by atoms with van der Waals surface area (Å²) in [4.78, 5) is 47.9. The highest BCUT2D eigenvalue weighted by Crippen LogP contribution is 2.24. The third kappa shape index (κ3) is 2.38. The molecule has 0 atom stereocenters. The lowest BCUT2D eigenvalue weighted by molar-refractivity contribution is -0.385. The van der Waals surface area contributed by atoms with Crippen LogP contribution in [0.4, 0.5) is 5.69 Å². The monoisotopic (exact) mass is 310 g/mol. The van der Waals surface area contributed by atoms with Crippen LogP contribution in [0.25, 0.3) is 0 Å². The van der Waals surface area contributed by atoms with Gasteiger partial charge < -0.3 is 0 Å². The molecule has 2 aromatic rings. The van der Waals surface area contributed by atoms with E-state index in [2.05, 4.69) is 0 Å². The molecule has 23 heavy (non-hydrogen) atoms. The third-order valence-electron chi connectivity index (χ3n) is 3.58. The number of nitro groups is 1. The molecule has 0 fully saturated rings. The molecule has 0 unspecified atom stereocenters. The zero-order valence-corrected chi connectivity index (χ0v) is 11.8. The quantitative estimate of drug-likeness (QED) is 0.373. The van der Waals surface area contributed by atoms with Crippen LogP contribution in [0.1, 0.15) is 31.1 Å². The molecule has 7 heteroatoms. The fraction of sp³-hybridized carbons (Fsp3) is 0.0625. The van der Waals surface area contributed by atoms with E-state index in [1.165, 1.54) is 36.4 Å². The van der Waals surface area contributed by atoms with Gasteiger partial charge in [0.1, 0.15) is 0 Å². The van der Waals surface area contributed by atoms with Crippen molar-refractivity contribution in [3.05, 3.63) is 75.3 Å². The lowest BCUT2D eigenvalue weighted by atomic mass is 10.1. The molecule has 0 saturated carbocycles. The molecule has 1 aliphatic heterocycles. The Balaban J connectivity index is 1.90. The molecule has 0 aliphatic carbocycles. The van der Waals surface area contributed by atoms with Crippen LogP contribution in [0.15, 0.2) is 48.5 Å². The Morgan fingerprint density at radius 1 is 0.957 bits per heavy atom. The summed E-state index contributed by atoms with van der Waals surface area (Å²) in [5, 5.41) is 11.0. The second-order valence-corrected chi connectivity index (χ2v) is 4.94. The van der Waals surface area contributed by atoms with E-state index in [1.807, 2.05) is 0 Å². The molecule has 3 rings (SSSR count). The van der Waals surface area contributed by atoms with Gasteiger partial charge in [0.2, 0.25) is 0 Å². The average Bonchev–Trinajstić information content (AvgIpc) is 2.80. The average molecular weight is 310 g/mol. The second kappa shape index (κ2) is 5.45. The number of hydrogen-bond acceptors (Lipinski definition) is 5. The van der Waals surface area contributed by atoms with E-state index in [9.17, 15) is 24.5 Å². The number of benzene rings is 2. The zero-order chi connectivity index (χ0) is 16.6. The van der Waals surface area contributed by atoms with Gasteiger partial charge >= 0.3 is 0 Å². The Bertz CT molecular complexity index is 824. The summed E-state index contributed by atoms with van der Waals surface area (Å²) in [6, 6.07) is 11.7. The zero-order valence-electron chi connectivity index (χ0n) is 11.8. The van der Waals surface area contributed by atoms with E-state index < -0.39 is 29.1 Å². The number of carbonyl (C=O) groups excluding carboxylic acids is 3. The van der Waals surface area contributed by atoms with Gasteiger partial charge in [-0.25, -0.2) is 0 Å². The molecule has 114 valence electrons. The van der Waals surface area contributed by atoms with Crippen molar-refractivity contribution in [1.82, 2.24) is 4.90 Å². The summed E-state index contributed by atoms with van der Waals surface area (Å²) < 4.78 is 0. The standard InChI is InChI=1S/C16H10N2O5/c19-14(12-7-3-4-8-13(12)18(22)23)9-17-15(20)10-5-1-2-6-11(10)16(17)21/h1-8H,9H2. The van der Waals surface area contributed by atoms with Crippen molar-refractivity contribution < 1.29 is 19.3 Å². The van der Waals surface area contributed by atoms with Crippen molar-refractivity contribution in [2.24, 2.45) is 0 Å². The molecule has 1 aliphatic rings. The molecule has 0 radical (unpaired) electrons. The first kappa shape index (κ1) is 14.6. The molecule has 0 saturated heterocycles. The molecule has 0 N–H and O–H groups in total. The fourth-order valence-electron chi connectivity index (χ4n) is 2.48. The van der Waals surface area contributed by atoms with E-state index in [1.54, 1.807) is 12.1 Å². The van der Waals surface area contributed by atoms with Crippen molar-refractivity contribution in [3.8, 4) is 0 Å². The van der Waals surface area contributed by atoms with Gasteiger partial charge in [0.05, 0.1) is 28.2 Å². The van der Waals surface area contributed by atoms with Gasteiger partial charge in [-0.1, -0.05) is 24.3 Å². The lowest BCUT2D eigenvalue weighted by Crippen LogP contribution is -2.35. The second-order valence-electron chi connectivity index (χ2n) is 4.94. The first-order chi connectivity index (χ1) is 11.0. The molecular weight excluding hydrogens is 300 g/mol. The highest BCUT2D eigenvalue weighted by atomic mass is 16.6. The Labute approximate surface area is 130 Å². The predicted octanol–water partition coefficient (Wildman–Crippen LogP) is 2.07. The minimum absolute atomic E-state index is 0.131. The summed E-state index contributed by atoms with van der Waals surface area (Å²) in [5.41, 5.74) is -0.0242. The highest BCUT2D eigenvalue weighted by molar-refractivity contribution is 6.23. The molecule has 0 spiro atoms. The fourth-order valence-corrected chi connectivity index (χ4v) is 2.48. The highest BCUT2D eigenvalue weighted by Gasteiger charge is 2.37. The molecule has 7 nitrogen and oxygen atoms in total. The van der Waals surface area contributed by atoms with Crippen LogP contribution in [0.3, 0.4) is 0 Å². The number of amides is 2. The number of carbonyl (C=O) groups is 3. The summed E-state index contributed by atoms with van der Waals surface area (Å²) in [6.07, 6.45) is 0. The number of fused-ring (bicyclic) bond motifs is 1. The number of nitrogens with zero attached hydrogens (tertiary/aromatic N) is 2. The minimum atomic E-state index is -0.671. The van der Waals surface area contributed by atoms with E-state index >= 15 is 0 Å². The molecule has 2 aromatic carbocycles. The van der Waals surface area contributed by atoms with Crippen molar-refractivity contribution in [3.63, 3.8) is 0 Å². The number of hydrogen-bond donors (Lipinski definition) is 0.